The van der Waals surface area contributed by atoms with Crippen molar-refractivity contribution in [3.63, 3.8) is 0 Å². The maximum atomic E-state index is 11.9. The van der Waals surface area contributed by atoms with E-state index in [1.807, 2.05) is 0 Å². The fourth-order valence-corrected chi connectivity index (χ4v) is 1.99. The molecule has 3 N–H and O–H groups in total. The summed E-state index contributed by atoms with van der Waals surface area (Å²) in [6.45, 7) is 3.51. The molecule has 1 aliphatic heterocycles. The first kappa shape index (κ1) is 14.5. The predicted octanol–water partition coefficient (Wildman–Crippen LogP) is 0.351. The van der Waals surface area contributed by atoms with Crippen LogP contribution in [0.3, 0.4) is 0 Å². The summed E-state index contributed by atoms with van der Waals surface area (Å²) in [6.07, 6.45) is 0. The number of ether oxygens (including phenoxy) is 1. The monoisotopic (exact) mass is 278 g/mol. The Labute approximate surface area is 117 Å². The lowest BCUT2D eigenvalue weighted by Gasteiger charge is -2.14. The van der Waals surface area contributed by atoms with Gasteiger partial charge in [-0.3, -0.25) is 4.79 Å². The van der Waals surface area contributed by atoms with E-state index in [0.29, 0.717) is 25.3 Å². The van der Waals surface area contributed by atoms with Gasteiger partial charge in [-0.1, -0.05) is 0 Å². The summed E-state index contributed by atoms with van der Waals surface area (Å²) in [7, 11) is 0. The molecule has 1 heterocycles. The van der Waals surface area contributed by atoms with Gasteiger partial charge in [0.15, 0.2) is 0 Å². The third-order valence-electron chi connectivity index (χ3n) is 3.16. The summed E-state index contributed by atoms with van der Waals surface area (Å²) in [5, 5.41) is 14.9. The zero-order valence-electron chi connectivity index (χ0n) is 11.1. The third kappa shape index (κ3) is 4.04. The number of benzene rings is 1. The molecule has 0 radical (unpaired) electrons. The predicted molar refractivity (Wildman–Crippen MR) is 72.9 cm³/mol. The molecule has 0 saturated carbocycles. The normalized spacial score (nSPS) is 19.1. The molecular weight excluding hydrogens is 260 g/mol. The van der Waals surface area contributed by atoms with Gasteiger partial charge in [0.2, 0.25) is 0 Å². The molecule has 1 aliphatic rings. The SMILES string of the molecule is O=C(O)c1ccc(C(=O)NCC2CNCCOC2)cc1. The van der Waals surface area contributed by atoms with Gasteiger partial charge in [-0.25, -0.2) is 4.79 Å². The Morgan fingerprint density at radius 2 is 2.00 bits per heavy atom. The molecule has 0 spiro atoms. The second kappa shape index (κ2) is 7.02. The van der Waals surface area contributed by atoms with Gasteiger partial charge in [0.1, 0.15) is 0 Å². The van der Waals surface area contributed by atoms with E-state index in [-0.39, 0.29) is 17.4 Å². The molecule has 1 saturated heterocycles. The number of nitrogens with one attached hydrogen (secondary N) is 2. The van der Waals surface area contributed by atoms with Crippen LogP contribution in [0.5, 0.6) is 0 Å². The average Bonchev–Trinajstić information content (AvgIpc) is 2.73. The highest BCUT2D eigenvalue weighted by Gasteiger charge is 2.14. The first-order valence-corrected chi connectivity index (χ1v) is 6.57. The van der Waals surface area contributed by atoms with Gasteiger partial charge in [-0.05, 0) is 24.3 Å². The third-order valence-corrected chi connectivity index (χ3v) is 3.16. The molecule has 1 aromatic carbocycles. The lowest BCUT2D eigenvalue weighted by atomic mass is 10.1. The van der Waals surface area contributed by atoms with Crippen LogP contribution in [0.4, 0.5) is 0 Å². The number of carbonyl (C=O) groups excluding carboxylic acids is 1. The van der Waals surface area contributed by atoms with Crippen LogP contribution >= 0.6 is 0 Å². The first-order valence-electron chi connectivity index (χ1n) is 6.57. The van der Waals surface area contributed by atoms with Crippen LogP contribution in [0.2, 0.25) is 0 Å². The number of rotatable bonds is 4. The zero-order valence-corrected chi connectivity index (χ0v) is 11.1. The Hall–Kier alpha value is -1.92. The lowest BCUT2D eigenvalue weighted by Crippen LogP contribution is -2.35. The van der Waals surface area contributed by atoms with Crippen molar-refractivity contribution in [2.45, 2.75) is 0 Å². The summed E-state index contributed by atoms with van der Waals surface area (Å²) in [4.78, 5) is 22.7. The van der Waals surface area contributed by atoms with Crippen LogP contribution in [0.15, 0.2) is 24.3 Å². The smallest absolute Gasteiger partial charge is 0.335 e. The van der Waals surface area contributed by atoms with Crippen LogP contribution in [0, 0.1) is 5.92 Å². The number of carboxylic acids is 1. The Bertz CT molecular complexity index is 465. The van der Waals surface area contributed by atoms with Gasteiger partial charge in [0, 0.05) is 31.1 Å². The van der Waals surface area contributed by atoms with E-state index in [1.54, 1.807) is 0 Å². The average molecular weight is 278 g/mol. The Morgan fingerprint density at radius 3 is 2.70 bits per heavy atom. The molecule has 0 aromatic heterocycles. The van der Waals surface area contributed by atoms with E-state index in [9.17, 15) is 9.59 Å². The summed E-state index contributed by atoms with van der Waals surface area (Å²) in [6, 6.07) is 5.88. The van der Waals surface area contributed by atoms with Crippen molar-refractivity contribution in [1.82, 2.24) is 10.6 Å². The minimum Gasteiger partial charge on any atom is -0.478 e. The molecule has 0 aliphatic carbocycles. The van der Waals surface area contributed by atoms with Gasteiger partial charge < -0.3 is 20.5 Å². The van der Waals surface area contributed by atoms with Gasteiger partial charge in [0.05, 0.1) is 18.8 Å². The fraction of sp³-hybridized carbons (Fsp3) is 0.429. The van der Waals surface area contributed by atoms with Crippen LogP contribution in [0.25, 0.3) is 0 Å². The maximum Gasteiger partial charge on any atom is 0.335 e. The summed E-state index contributed by atoms with van der Waals surface area (Å²) < 4.78 is 5.41. The van der Waals surface area contributed by atoms with Crippen LogP contribution in [0.1, 0.15) is 20.7 Å². The number of amides is 1. The molecule has 0 bridgehead atoms. The summed E-state index contributed by atoms with van der Waals surface area (Å²) in [5.41, 5.74) is 0.625. The summed E-state index contributed by atoms with van der Waals surface area (Å²) in [5.74, 6) is -0.954. The molecule has 20 heavy (non-hydrogen) atoms. The van der Waals surface area contributed by atoms with E-state index in [2.05, 4.69) is 10.6 Å². The van der Waals surface area contributed by atoms with Gasteiger partial charge >= 0.3 is 5.97 Å². The highest BCUT2D eigenvalue weighted by atomic mass is 16.5. The van der Waals surface area contributed by atoms with Gasteiger partial charge in [-0.2, -0.15) is 0 Å². The Kier molecular flexibility index (Phi) is 5.09. The molecule has 1 unspecified atom stereocenters. The number of carbonyl (C=O) groups is 2. The molecule has 1 aromatic rings. The summed E-state index contributed by atoms with van der Waals surface area (Å²) >= 11 is 0. The molecule has 2 rings (SSSR count). The second-order valence-corrected chi connectivity index (χ2v) is 4.74. The Morgan fingerprint density at radius 1 is 1.30 bits per heavy atom. The molecular formula is C14H18N2O4. The number of hydrogen-bond donors (Lipinski definition) is 3. The highest BCUT2D eigenvalue weighted by Crippen LogP contribution is 2.05. The second-order valence-electron chi connectivity index (χ2n) is 4.74. The van der Waals surface area contributed by atoms with E-state index >= 15 is 0 Å². The van der Waals surface area contributed by atoms with Crippen LogP contribution < -0.4 is 10.6 Å². The van der Waals surface area contributed by atoms with E-state index in [1.165, 1.54) is 24.3 Å². The number of aromatic carboxylic acids is 1. The Balaban J connectivity index is 1.86. The molecule has 108 valence electrons. The topological polar surface area (TPSA) is 87.7 Å². The van der Waals surface area contributed by atoms with E-state index < -0.39 is 5.97 Å². The fourth-order valence-electron chi connectivity index (χ4n) is 1.99. The lowest BCUT2D eigenvalue weighted by molar-refractivity contribution is 0.0696. The van der Waals surface area contributed by atoms with Crippen molar-refractivity contribution in [3.05, 3.63) is 35.4 Å². The van der Waals surface area contributed by atoms with Crippen LogP contribution in [-0.4, -0.2) is 49.8 Å². The molecule has 1 fully saturated rings. The maximum absolute atomic E-state index is 11.9. The van der Waals surface area contributed by atoms with Crippen molar-refractivity contribution >= 4 is 11.9 Å². The van der Waals surface area contributed by atoms with Crippen molar-refractivity contribution < 1.29 is 19.4 Å². The molecule has 6 nitrogen and oxygen atoms in total. The molecule has 6 heteroatoms. The molecule has 1 amide bonds. The van der Waals surface area contributed by atoms with Crippen molar-refractivity contribution in [3.8, 4) is 0 Å². The highest BCUT2D eigenvalue weighted by molar-refractivity contribution is 5.95. The number of carboxylic acid groups (broad SMARTS) is 1. The first-order chi connectivity index (χ1) is 9.66. The van der Waals surface area contributed by atoms with E-state index in [0.717, 1.165) is 13.1 Å². The van der Waals surface area contributed by atoms with Crippen molar-refractivity contribution in [2.75, 3.05) is 32.8 Å². The minimum absolute atomic E-state index is 0.169. The molecule has 1 atom stereocenters. The van der Waals surface area contributed by atoms with Gasteiger partial charge in [-0.15, -0.1) is 0 Å². The zero-order chi connectivity index (χ0) is 14.4. The minimum atomic E-state index is -1.00. The van der Waals surface area contributed by atoms with Crippen molar-refractivity contribution in [2.24, 2.45) is 5.92 Å². The van der Waals surface area contributed by atoms with Gasteiger partial charge in [0.25, 0.3) is 5.91 Å². The largest absolute Gasteiger partial charge is 0.478 e. The standard InChI is InChI=1S/C14H18N2O4/c17-13(11-1-3-12(4-2-11)14(18)19)16-8-10-7-15-5-6-20-9-10/h1-4,10,15H,5-9H2,(H,16,17)(H,18,19). The van der Waals surface area contributed by atoms with Crippen molar-refractivity contribution in [1.29, 1.82) is 0 Å². The quantitative estimate of drug-likeness (QED) is 0.739. The number of hydrogen-bond acceptors (Lipinski definition) is 4. The van der Waals surface area contributed by atoms with E-state index in [4.69, 9.17) is 9.84 Å². The van der Waals surface area contributed by atoms with Crippen LogP contribution in [-0.2, 0) is 4.74 Å².